The molecular formula is C70H135NO5. The van der Waals surface area contributed by atoms with Crippen molar-refractivity contribution in [3.8, 4) is 0 Å². The summed E-state index contributed by atoms with van der Waals surface area (Å²) in [6.45, 7) is 4.95. The summed E-state index contributed by atoms with van der Waals surface area (Å²) in [5.74, 6) is -0.0233. The van der Waals surface area contributed by atoms with Crippen molar-refractivity contribution < 1.29 is 24.5 Å². The van der Waals surface area contributed by atoms with E-state index in [1.165, 1.54) is 308 Å². The molecular weight excluding hydrogens is 935 g/mol. The van der Waals surface area contributed by atoms with Crippen LogP contribution in [-0.4, -0.2) is 47.4 Å². The molecule has 6 heteroatoms. The van der Waals surface area contributed by atoms with Crippen LogP contribution in [0.15, 0.2) is 24.3 Å². The number of hydrogen-bond donors (Lipinski definition) is 3. The predicted molar refractivity (Wildman–Crippen MR) is 333 cm³/mol. The number of rotatable bonds is 65. The first-order valence-electron chi connectivity index (χ1n) is 34.6. The Morgan fingerprint density at radius 1 is 0.355 bits per heavy atom. The Morgan fingerprint density at radius 3 is 0.974 bits per heavy atom. The number of esters is 1. The van der Waals surface area contributed by atoms with Crippen molar-refractivity contribution in [1.82, 2.24) is 5.32 Å². The van der Waals surface area contributed by atoms with E-state index in [0.717, 1.165) is 44.9 Å². The van der Waals surface area contributed by atoms with E-state index in [-0.39, 0.29) is 18.5 Å². The number of hydrogen-bond acceptors (Lipinski definition) is 5. The van der Waals surface area contributed by atoms with E-state index in [1.54, 1.807) is 0 Å². The monoisotopic (exact) mass is 1070 g/mol. The Morgan fingerprint density at radius 2 is 0.632 bits per heavy atom. The molecule has 0 saturated heterocycles. The smallest absolute Gasteiger partial charge is 0.305 e. The second-order valence-corrected chi connectivity index (χ2v) is 23.9. The van der Waals surface area contributed by atoms with Crippen molar-refractivity contribution in [3.05, 3.63) is 24.3 Å². The fourth-order valence-corrected chi connectivity index (χ4v) is 10.9. The summed E-state index contributed by atoms with van der Waals surface area (Å²) < 4.78 is 5.46. The maximum atomic E-state index is 12.5. The number of nitrogens with one attached hydrogen (secondary N) is 1. The van der Waals surface area contributed by atoms with Gasteiger partial charge < -0.3 is 20.3 Å². The van der Waals surface area contributed by atoms with Gasteiger partial charge in [0.1, 0.15) is 0 Å². The molecule has 0 aromatic carbocycles. The van der Waals surface area contributed by atoms with Gasteiger partial charge in [0, 0.05) is 12.8 Å². The summed E-state index contributed by atoms with van der Waals surface area (Å²) in [4.78, 5) is 24.5. The van der Waals surface area contributed by atoms with Gasteiger partial charge in [-0.15, -0.1) is 0 Å². The third-order valence-electron chi connectivity index (χ3n) is 16.2. The first-order chi connectivity index (χ1) is 37.5. The lowest BCUT2D eigenvalue weighted by atomic mass is 10.0. The summed E-state index contributed by atoms with van der Waals surface area (Å²) in [5, 5.41) is 23.4. The van der Waals surface area contributed by atoms with Crippen molar-refractivity contribution in [2.24, 2.45) is 0 Å². The second-order valence-electron chi connectivity index (χ2n) is 23.9. The number of amides is 1. The normalized spacial score (nSPS) is 12.6. The van der Waals surface area contributed by atoms with Crippen molar-refractivity contribution in [3.63, 3.8) is 0 Å². The van der Waals surface area contributed by atoms with Gasteiger partial charge in [0.25, 0.3) is 0 Å². The van der Waals surface area contributed by atoms with Crippen LogP contribution in [0, 0.1) is 0 Å². The lowest BCUT2D eigenvalue weighted by Gasteiger charge is -2.22. The first kappa shape index (κ1) is 74.3. The molecule has 3 N–H and O–H groups in total. The SMILES string of the molecule is CCCC/C=C\CCCCCCCC(=O)OCCCCCCCCCCCCCC/C=C\CCCCCCCCCCCCCCCCC(=O)NC(CO)C(O)CCCCCCCCCCCCCCCCCCCC. The van der Waals surface area contributed by atoms with E-state index in [1.807, 2.05) is 0 Å². The van der Waals surface area contributed by atoms with Crippen LogP contribution in [0.1, 0.15) is 386 Å². The van der Waals surface area contributed by atoms with Crippen molar-refractivity contribution in [2.45, 2.75) is 398 Å². The van der Waals surface area contributed by atoms with Crippen LogP contribution < -0.4 is 5.32 Å². The van der Waals surface area contributed by atoms with E-state index in [2.05, 4.69) is 43.5 Å². The molecule has 0 radical (unpaired) electrons. The number of carbonyl (C=O) groups is 2. The number of aliphatic hydroxyl groups excluding tert-OH is 2. The minimum absolute atomic E-state index is 0.00646. The highest BCUT2D eigenvalue weighted by Gasteiger charge is 2.20. The van der Waals surface area contributed by atoms with Gasteiger partial charge in [0.2, 0.25) is 5.91 Å². The van der Waals surface area contributed by atoms with Gasteiger partial charge in [-0.25, -0.2) is 0 Å². The zero-order chi connectivity index (χ0) is 55.0. The number of ether oxygens (including phenoxy) is 1. The standard InChI is InChI=1S/C70H135NO5/c1-3-5-7-9-11-13-15-16-17-18-33-36-39-43-46-50-54-58-62-68(73)67(66-72)71-69(74)63-59-55-51-47-44-40-37-34-31-29-27-25-23-21-19-20-22-24-26-28-30-32-35-38-41-45-49-53-57-61-65-76-70(75)64-60-56-52-48-42-14-12-10-8-6-4-2/h10,12,20,22,67-68,72-73H,3-9,11,13-19,21,23-66H2,1-2H3,(H,71,74)/b12-10-,22-20-. The Labute approximate surface area is 475 Å². The van der Waals surface area contributed by atoms with Gasteiger partial charge in [0.05, 0.1) is 25.4 Å². The topological polar surface area (TPSA) is 95.9 Å². The van der Waals surface area contributed by atoms with Gasteiger partial charge in [-0.05, 0) is 70.6 Å². The van der Waals surface area contributed by atoms with Crippen molar-refractivity contribution in [1.29, 1.82) is 0 Å². The summed E-state index contributed by atoms with van der Waals surface area (Å²) >= 11 is 0. The number of allylic oxidation sites excluding steroid dienone is 4. The number of carbonyl (C=O) groups excluding carboxylic acids is 2. The van der Waals surface area contributed by atoms with E-state index >= 15 is 0 Å². The molecule has 6 nitrogen and oxygen atoms in total. The largest absolute Gasteiger partial charge is 0.466 e. The highest BCUT2D eigenvalue weighted by atomic mass is 16.5. The molecule has 2 atom stereocenters. The fraction of sp³-hybridized carbons (Fsp3) is 0.914. The van der Waals surface area contributed by atoms with Gasteiger partial charge in [-0.2, -0.15) is 0 Å². The van der Waals surface area contributed by atoms with Gasteiger partial charge in [-0.1, -0.05) is 327 Å². The Kier molecular flexibility index (Phi) is 64.4. The van der Waals surface area contributed by atoms with Crippen molar-refractivity contribution >= 4 is 11.9 Å². The molecule has 0 aromatic heterocycles. The minimum atomic E-state index is -0.663. The molecule has 0 spiro atoms. The maximum Gasteiger partial charge on any atom is 0.305 e. The Balaban J connectivity index is 3.37. The summed E-state index contributed by atoms with van der Waals surface area (Å²) in [5.41, 5.74) is 0. The Hall–Kier alpha value is -1.66. The highest BCUT2D eigenvalue weighted by molar-refractivity contribution is 5.76. The van der Waals surface area contributed by atoms with E-state index in [9.17, 15) is 19.8 Å². The molecule has 0 aliphatic carbocycles. The average molecular weight is 1070 g/mol. The molecule has 1 amide bonds. The van der Waals surface area contributed by atoms with Crippen LogP contribution in [0.2, 0.25) is 0 Å². The second kappa shape index (κ2) is 65.9. The minimum Gasteiger partial charge on any atom is -0.466 e. The zero-order valence-electron chi connectivity index (χ0n) is 51.5. The molecule has 0 aliphatic rings. The third kappa shape index (κ3) is 61.6. The van der Waals surface area contributed by atoms with Crippen LogP contribution in [0.25, 0.3) is 0 Å². The van der Waals surface area contributed by atoms with E-state index in [0.29, 0.717) is 25.9 Å². The summed E-state index contributed by atoms with van der Waals surface area (Å²) in [6.07, 6.45) is 82.2. The van der Waals surface area contributed by atoms with Crippen LogP contribution in [-0.2, 0) is 14.3 Å². The number of aliphatic hydroxyl groups is 2. The zero-order valence-corrected chi connectivity index (χ0v) is 51.5. The molecule has 0 bridgehead atoms. The summed E-state index contributed by atoms with van der Waals surface area (Å²) in [6, 6.07) is -0.540. The third-order valence-corrected chi connectivity index (χ3v) is 16.2. The van der Waals surface area contributed by atoms with E-state index in [4.69, 9.17) is 4.74 Å². The molecule has 0 heterocycles. The van der Waals surface area contributed by atoms with Gasteiger partial charge >= 0.3 is 5.97 Å². The van der Waals surface area contributed by atoms with Crippen LogP contribution in [0.4, 0.5) is 0 Å². The number of unbranched alkanes of at least 4 members (excludes halogenated alkanes) is 50. The lowest BCUT2D eigenvalue weighted by Crippen LogP contribution is -2.45. The molecule has 0 aliphatic heterocycles. The summed E-state index contributed by atoms with van der Waals surface area (Å²) in [7, 11) is 0. The van der Waals surface area contributed by atoms with E-state index < -0.39 is 12.1 Å². The fourth-order valence-electron chi connectivity index (χ4n) is 10.9. The predicted octanol–water partition coefficient (Wildman–Crippen LogP) is 22.1. The molecule has 2 unspecified atom stereocenters. The van der Waals surface area contributed by atoms with Gasteiger partial charge in [0.15, 0.2) is 0 Å². The molecule has 0 fully saturated rings. The molecule has 0 aromatic rings. The quantitative estimate of drug-likeness (QED) is 0.0320. The molecule has 76 heavy (non-hydrogen) atoms. The molecule has 450 valence electrons. The highest BCUT2D eigenvalue weighted by Crippen LogP contribution is 2.19. The van der Waals surface area contributed by atoms with Crippen LogP contribution >= 0.6 is 0 Å². The maximum absolute atomic E-state index is 12.5. The molecule has 0 saturated carbocycles. The molecule has 0 rings (SSSR count). The van der Waals surface area contributed by atoms with Crippen molar-refractivity contribution in [2.75, 3.05) is 13.2 Å². The van der Waals surface area contributed by atoms with Crippen LogP contribution in [0.5, 0.6) is 0 Å². The average Bonchev–Trinajstić information content (AvgIpc) is 3.42. The Bertz CT molecular complexity index is 1190. The van der Waals surface area contributed by atoms with Crippen LogP contribution in [0.3, 0.4) is 0 Å². The van der Waals surface area contributed by atoms with Gasteiger partial charge in [-0.3, -0.25) is 9.59 Å². The lowest BCUT2D eigenvalue weighted by molar-refractivity contribution is -0.143. The first-order valence-corrected chi connectivity index (χ1v) is 34.6.